The molecule has 40 heavy (non-hydrogen) atoms. The number of piperazine rings is 1. The first kappa shape index (κ1) is 28.6. The van der Waals surface area contributed by atoms with Gasteiger partial charge in [0.1, 0.15) is 17.5 Å². The van der Waals surface area contributed by atoms with Crippen molar-refractivity contribution in [1.82, 2.24) is 14.5 Å². The number of hydrogen-bond acceptors (Lipinski definition) is 5. The van der Waals surface area contributed by atoms with Gasteiger partial charge in [-0.1, -0.05) is 6.58 Å². The molecular weight excluding hydrogens is 619 g/mol. The summed E-state index contributed by atoms with van der Waals surface area (Å²) in [4.78, 5) is 33.4. The number of aromatic nitrogens is 2. The molecule has 3 heterocycles. The molecule has 1 aromatic heterocycles. The lowest BCUT2D eigenvalue weighted by molar-refractivity contribution is -0.137. The Bertz CT molecular complexity index is 1600. The van der Waals surface area contributed by atoms with Crippen molar-refractivity contribution in [2.45, 2.75) is 50.0 Å². The van der Waals surface area contributed by atoms with Crippen LogP contribution in [-0.2, 0) is 17.5 Å². The summed E-state index contributed by atoms with van der Waals surface area (Å²) in [6, 6.07) is 1.75. The predicted molar refractivity (Wildman–Crippen MR) is 148 cm³/mol. The molecule has 0 bridgehead atoms. The molecule has 0 spiro atoms. The quantitative estimate of drug-likeness (QED) is 0.193. The first-order valence-corrected chi connectivity index (χ1v) is 14.3. The average Bonchev–Trinajstić information content (AvgIpc) is 3.11. The standard InChI is InChI=1S/C27H24BrF5N4O2S/c1-4-21(38)37-13(2)11-35(12-14(37)3)25-16-8-17(27(31,32)33)22(15-9-18(28)20(30)10-19(15)29)24-23(16)36(26(39)34-25)6-5-7-40-24/h4,8-10,13-14H,1,5-7,11-12H2,2-3H3/t13-,14+. The van der Waals surface area contributed by atoms with Gasteiger partial charge in [-0.2, -0.15) is 18.2 Å². The smallest absolute Gasteiger partial charge is 0.352 e. The van der Waals surface area contributed by atoms with Gasteiger partial charge in [0.15, 0.2) is 0 Å². The lowest BCUT2D eigenvalue weighted by atomic mass is 9.95. The van der Waals surface area contributed by atoms with Crippen LogP contribution in [0.3, 0.4) is 0 Å². The summed E-state index contributed by atoms with van der Waals surface area (Å²) in [6.07, 6.45) is -3.23. The molecule has 2 aliphatic heterocycles. The summed E-state index contributed by atoms with van der Waals surface area (Å²) in [5.74, 6) is -1.92. The van der Waals surface area contributed by atoms with Crippen molar-refractivity contribution in [1.29, 1.82) is 0 Å². The van der Waals surface area contributed by atoms with Crippen LogP contribution in [0.5, 0.6) is 0 Å². The Hall–Kier alpha value is -2.93. The second-order valence-corrected chi connectivity index (χ2v) is 11.9. The molecule has 0 N–H and O–H groups in total. The van der Waals surface area contributed by atoms with Crippen molar-refractivity contribution in [3.63, 3.8) is 0 Å². The molecule has 212 valence electrons. The van der Waals surface area contributed by atoms with Crippen molar-refractivity contribution in [3.8, 4) is 11.1 Å². The Balaban J connectivity index is 1.83. The number of carbonyl (C=O) groups is 1. The van der Waals surface area contributed by atoms with E-state index in [1.807, 2.05) is 0 Å². The Morgan fingerprint density at radius 2 is 1.82 bits per heavy atom. The van der Waals surface area contributed by atoms with E-state index < -0.39 is 40.2 Å². The van der Waals surface area contributed by atoms with Crippen LogP contribution in [0.4, 0.5) is 27.8 Å². The molecule has 0 unspecified atom stereocenters. The molecule has 1 fully saturated rings. The fourth-order valence-electron chi connectivity index (χ4n) is 5.62. The molecule has 13 heteroatoms. The van der Waals surface area contributed by atoms with Crippen LogP contribution in [0.2, 0.25) is 0 Å². The number of carbonyl (C=O) groups excluding carboxylic acids is 1. The van der Waals surface area contributed by atoms with Gasteiger partial charge in [0, 0.05) is 59.2 Å². The van der Waals surface area contributed by atoms with Crippen molar-refractivity contribution >= 4 is 50.3 Å². The van der Waals surface area contributed by atoms with Gasteiger partial charge in [-0.15, -0.1) is 11.8 Å². The highest BCUT2D eigenvalue weighted by molar-refractivity contribution is 9.10. The van der Waals surface area contributed by atoms with E-state index >= 15 is 4.39 Å². The van der Waals surface area contributed by atoms with E-state index in [1.54, 1.807) is 23.6 Å². The monoisotopic (exact) mass is 642 g/mol. The Morgan fingerprint density at radius 3 is 2.45 bits per heavy atom. The van der Waals surface area contributed by atoms with Gasteiger partial charge in [-0.3, -0.25) is 9.36 Å². The minimum absolute atomic E-state index is 0.0715. The van der Waals surface area contributed by atoms with Crippen molar-refractivity contribution in [2.75, 3.05) is 23.7 Å². The number of nitrogens with zero attached hydrogens (tertiary/aromatic N) is 4. The summed E-state index contributed by atoms with van der Waals surface area (Å²) in [5, 5.41) is 0.101. The molecule has 5 rings (SSSR count). The number of thioether (sulfide) groups is 1. The molecule has 0 aliphatic carbocycles. The molecule has 1 saturated heterocycles. The number of hydrogen-bond donors (Lipinski definition) is 0. The van der Waals surface area contributed by atoms with Crippen LogP contribution >= 0.6 is 27.7 Å². The molecule has 3 aromatic rings. The van der Waals surface area contributed by atoms with Crippen LogP contribution in [0.1, 0.15) is 25.8 Å². The van der Waals surface area contributed by atoms with Gasteiger partial charge in [0.2, 0.25) is 5.91 Å². The van der Waals surface area contributed by atoms with E-state index in [4.69, 9.17) is 0 Å². The molecule has 6 nitrogen and oxygen atoms in total. The van der Waals surface area contributed by atoms with Crippen LogP contribution in [0, 0.1) is 11.6 Å². The van der Waals surface area contributed by atoms with Crippen molar-refractivity contribution < 1.29 is 26.7 Å². The second-order valence-electron chi connectivity index (χ2n) is 9.89. The molecule has 2 aliphatic rings. The Morgan fingerprint density at radius 1 is 1.15 bits per heavy atom. The third kappa shape index (κ3) is 4.80. The zero-order valence-electron chi connectivity index (χ0n) is 21.5. The lowest BCUT2D eigenvalue weighted by Crippen LogP contribution is -2.58. The zero-order chi connectivity index (χ0) is 29.1. The van der Waals surface area contributed by atoms with Crippen LogP contribution < -0.4 is 10.6 Å². The number of aryl methyl sites for hydroxylation is 1. The molecule has 0 radical (unpaired) electrons. The van der Waals surface area contributed by atoms with Crippen molar-refractivity contribution in [3.05, 3.63) is 63.0 Å². The maximum absolute atomic E-state index is 15.1. The first-order valence-electron chi connectivity index (χ1n) is 12.5. The topological polar surface area (TPSA) is 58.4 Å². The minimum atomic E-state index is -4.91. The van der Waals surface area contributed by atoms with Crippen LogP contribution in [0.25, 0.3) is 22.0 Å². The van der Waals surface area contributed by atoms with E-state index in [9.17, 15) is 27.2 Å². The van der Waals surface area contributed by atoms with Gasteiger partial charge >= 0.3 is 11.9 Å². The van der Waals surface area contributed by atoms with Crippen molar-refractivity contribution in [2.24, 2.45) is 0 Å². The van der Waals surface area contributed by atoms with E-state index in [2.05, 4.69) is 27.5 Å². The van der Waals surface area contributed by atoms with Gasteiger partial charge in [0.05, 0.1) is 15.6 Å². The van der Waals surface area contributed by atoms with Crippen LogP contribution in [-0.4, -0.2) is 51.3 Å². The lowest BCUT2D eigenvalue weighted by Gasteiger charge is -2.44. The zero-order valence-corrected chi connectivity index (χ0v) is 23.9. The Kier molecular flexibility index (Phi) is 7.49. The largest absolute Gasteiger partial charge is 0.417 e. The summed E-state index contributed by atoms with van der Waals surface area (Å²) >= 11 is 4.06. The van der Waals surface area contributed by atoms with Gasteiger partial charge < -0.3 is 9.80 Å². The fraction of sp³-hybridized carbons (Fsp3) is 0.370. The van der Waals surface area contributed by atoms with E-state index in [0.29, 0.717) is 18.2 Å². The summed E-state index contributed by atoms with van der Waals surface area (Å²) in [5.41, 5.74) is -2.40. The number of anilines is 1. The number of benzene rings is 2. The third-order valence-electron chi connectivity index (χ3n) is 7.20. The number of halogens is 6. The number of amides is 1. The fourth-order valence-corrected chi connectivity index (χ4v) is 7.16. The highest BCUT2D eigenvalue weighted by atomic mass is 79.9. The maximum Gasteiger partial charge on any atom is 0.417 e. The van der Waals surface area contributed by atoms with Crippen LogP contribution in [0.15, 0.2) is 45.0 Å². The summed E-state index contributed by atoms with van der Waals surface area (Å²) < 4.78 is 74.4. The molecule has 0 saturated carbocycles. The normalized spacial score (nSPS) is 19.6. The summed E-state index contributed by atoms with van der Waals surface area (Å²) in [6.45, 7) is 7.81. The van der Waals surface area contributed by atoms with E-state index in [-0.39, 0.29) is 63.7 Å². The Labute approximate surface area is 239 Å². The molecule has 2 atom stereocenters. The van der Waals surface area contributed by atoms with E-state index in [0.717, 1.165) is 23.9 Å². The second kappa shape index (κ2) is 10.5. The highest BCUT2D eigenvalue weighted by Gasteiger charge is 2.40. The minimum Gasteiger partial charge on any atom is -0.352 e. The van der Waals surface area contributed by atoms with Gasteiger partial charge in [-0.05, 0) is 60.2 Å². The molecular formula is C27H24BrF5N4O2S. The highest BCUT2D eigenvalue weighted by Crippen LogP contribution is 2.49. The molecule has 2 aromatic carbocycles. The predicted octanol–water partition coefficient (Wildman–Crippen LogP) is 6.23. The first-order chi connectivity index (χ1) is 18.8. The van der Waals surface area contributed by atoms with E-state index in [1.165, 1.54) is 10.6 Å². The average molecular weight is 643 g/mol. The SMILES string of the molecule is C=CC(=O)N1[C@H](C)CN(c2nc(=O)n3c4c(c(-c5cc(Br)c(F)cc5F)c(C(F)(F)F)cc24)SCCC3)C[C@@H]1C. The summed E-state index contributed by atoms with van der Waals surface area (Å²) in [7, 11) is 0. The number of rotatable bonds is 3. The molecule has 1 amide bonds. The van der Waals surface area contributed by atoms with Gasteiger partial charge in [0.25, 0.3) is 0 Å². The number of alkyl halides is 3. The maximum atomic E-state index is 15.1. The third-order valence-corrected chi connectivity index (χ3v) is 8.99. The van der Waals surface area contributed by atoms with Gasteiger partial charge in [-0.25, -0.2) is 13.6 Å².